The lowest BCUT2D eigenvalue weighted by molar-refractivity contribution is 0.0697. The average molecular weight is 271 g/mol. The van der Waals surface area contributed by atoms with Gasteiger partial charge in [0.2, 0.25) is 0 Å². The highest BCUT2D eigenvalue weighted by Gasteiger charge is 2.09. The molecule has 1 N–H and O–H groups in total. The summed E-state index contributed by atoms with van der Waals surface area (Å²) in [6.45, 7) is 4.15. The van der Waals surface area contributed by atoms with Crippen LogP contribution in [-0.2, 0) is 0 Å². The molecular formula is C15H17N3O2. The lowest BCUT2D eigenvalue weighted by atomic mass is 10.1. The van der Waals surface area contributed by atoms with E-state index in [0.717, 1.165) is 17.2 Å². The number of rotatable bonds is 4. The van der Waals surface area contributed by atoms with Gasteiger partial charge in [0.15, 0.2) is 0 Å². The lowest BCUT2D eigenvalue weighted by Gasteiger charge is -2.19. The molecule has 20 heavy (non-hydrogen) atoms. The molecule has 0 spiro atoms. The SMILES string of the molecule is CC(C)c1cc(N(C)c2ccc(C(=O)O)cc2)ncn1. The molecule has 104 valence electrons. The van der Waals surface area contributed by atoms with Crippen LogP contribution in [0.1, 0.15) is 35.8 Å². The molecule has 0 aliphatic heterocycles. The molecule has 0 saturated carbocycles. The number of carbonyl (C=O) groups is 1. The smallest absolute Gasteiger partial charge is 0.335 e. The highest BCUT2D eigenvalue weighted by molar-refractivity contribution is 5.88. The van der Waals surface area contributed by atoms with Gasteiger partial charge in [-0.05, 0) is 30.2 Å². The standard InChI is InChI=1S/C15H17N3O2/c1-10(2)13-8-14(17-9-16-13)18(3)12-6-4-11(5-7-12)15(19)20/h4-10H,1-3H3,(H,19,20). The molecule has 1 heterocycles. The summed E-state index contributed by atoms with van der Waals surface area (Å²) in [4.78, 5) is 21.2. The quantitative estimate of drug-likeness (QED) is 0.925. The number of aromatic carboxylic acids is 1. The van der Waals surface area contributed by atoms with Crippen molar-refractivity contribution in [2.75, 3.05) is 11.9 Å². The van der Waals surface area contributed by atoms with Crippen LogP contribution in [-0.4, -0.2) is 28.1 Å². The van der Waals surface area contributed by atoms with Crippen molar-refractivity contribution >= 4 is 17.5 Å². The minimum atomic E-state index is -0.927. The molecule has 0 radical (unpaired) electrons. The Morgan fingerprint density at radius 2 is 1.85 bits per heavy atom. The maximum atomic E-state index is 10.8. The van der Waals surface area contributed by atoms with E-state index in [2.05, 4.69) is 23.8 Å². The zero-order chi connectivity index (χ0) is 14.7. The first kappa shape index (κ1) is 14.0. The van der Waals surface area contributed by atoms with Crippen LogP contribution in [0, 0.1) is 0 Å². The molecule has 2 rings (SSSR count). The Bertz CT molecular complexity index is 609. The molecule has 0 amide bonds. The van der Waals surface area contributed by atoms with Gasteiger partial charge in [0, 0.05) is 24.5 Å². The number of aromatic nitrogens is 2. The highest BCUT2D eigenvalue weighted by atomic mass is 16.4. The van der Waals surface area contributed by atoms with E-state index in [-0.39, 0.29) is 5.56 Å². The Morgan fingerprint density at radius 3 is 2.40 bits per heavy atom. The normalized spacial score (nSPS) is 10.6. The minimum Gasteiger partial charge on any atom is -0.478 e. The van der Waals surface area contributed by atoms with E-state index in [4.69, 9.17) is 5.11 Å². The van der Waals surface area contributed by atoms with Crippen LogP contribution in [0.5, 0.6) is 0 Å². The predicted molar refractivity (Wildman–Crippen MR) is 77.6 cm³/mol. The van der Waals surface area contributed by atoms with Crippen molar-refractivity contribution in [1.29, 1.82) is 0 Å². The van der Waals surface area contributed by atoms with Crippen LogP contribution in [0.25, 0.3) is 0 Å². The number of hydrogen-bond donors (Lipinski definition) is 1. The Kier molecular flexibility index (Phi) is 3.98. The van der Waals surface area contributed by atoms with Crippen LogP contribution < -0.4 is 4.90 Å². The third-order valence-electron chi connectivity index (χ3n) is 3.11. The van der Waals surface area contributed by atoms with E-state index < -0.39 is 5.97 Å². The summed E-state index contributed by atoms with van der Waals surface area (Å²) in [5, 5.41) is 8.89. The second kappa shape index (κ2) is 5.69. The zero-order valence-electron chi connectivity index (χ0n) is 11.7. The Morgan fingerprint density at radius 1 is 1.20 bits per heavy atom. The number of hydrogen-bond acceptors (Lipinski definition) is 4. The average Bonchev–Trinajstić information content (AvgIpc) is 2.46. The van der Waals surface area contributed by atoms with Gasteiger partial charge >= 0.3 is 5.97 Å². The molecule has 1 aromatic heterocycles. The number of carboxylic acid groups (broad SMARTS) is 1. The number of nitrogens with zero attached hydrogens (tertiary/aromatic N) is 3. The molecule has 5 nitrogen and oxygen atoms in total. The monoisotopic (exact) mass is 271 g/mol. The van der Waals surface area contributed by atoms with Crippen molar-refractivity contribution in [2.24, 2.45) is 0 Å². The largest absolute Gasteiger partial charge is 0.478 e. The van der Waals surface area contributed by atoms with Crippen LogP contribution in [0.15, 0.2) is 36.7 Å². The van der Waals surface area contributed by atoms with E-state index in [9.17, 15) is 4.79 Å². The van der Waals surface area contributed by atoms with Gasteiger partial charge in [0.25, 0.3) is 0 Å². The van der Waals surface area contributed by atoms with Gasteiger partial charge in [-0.1, -0.05) is 13.8 Å². The van der Waals surface area contributed by atoms with E-state index in [1.165, 1.54) is 0 Å². The summed E-state index contributed by atoms with van der Waals surface area (Å²) in [6, 6.07) is 8.63. The molecule has 0 aliphatic rings. The summed E-state index contributed by atoms with van der Waals surface area (Å²) in [6.07, 6.45) is 1.55. The van der Waals surface area contributed by atoms with Crippen LogP contribution >= 0.6 is 0 Å². The molecule has 0 bridgehead atoms. The number of benzene rings is 1. The van der Waals surface area contributed by atoms with Gasteiger partial charge in [-0.15, -0.1) is 0 Å². The molecule has 0 unspecified atom stereocenters. The fourth-order valence-electron chi connectivity index (χ4n) is 1.82. The van der Waals surface area contributed by atoms with Crippen molar-refractivity contribution in [3.05, 3.63) is 47.9 Å². The second-order valence-electron chi connectivity index (χ2n) is 4.87. The van der Waals surface area contributed by atoms with Crippen LogP contribution in [0.4, 0.5) is 11.5 Å². The molecule has 1 aromatic carbocycles. The zero-order valence-corrected chi connectivity index (χ0v) is 11.7. The molecule has 2 aromatic rings. The van der Waals surface area contributed by atoms with Gasteiger partial charge in [-0.25, -0.2) is 14.8 Å². The van der Waals surface area contributed by atoms with Crippen molar-refractivity contribution in [3.8, 4) is 0 Å². The Labute approximate surface area is 117 Å². The van der Waals surface area contributed by atoms with E-state index in [1.807, 2.05) is 18.0 Å². The summed E-state index contributed by atoms with van der Waals surface area (Å²) in [5.74, 6) is 0.189. The highest BCUT2D eigenvalue weighted by Crippen LogP contribution is 2.23. The van der Waals surface area contributed by atoms with E-state index in [0.29, 0.717) is 5.92 Å². The molecule has 0 aliphatic carbocycles. The van der Waals surface area contributed by atoms with Crippen molar-refractivity contribution < 1.29 is 9.90 Å². The topological polar surface area (TPSA) is 66.3 Å². The van der Waals surface area contributed by atoms with Gasteiger partial charge in [0.05, 0.1) is 5.56 Å². The fraction of sp³-hybridized carbons (Fsp3) is 0.267. The third-order valence-corrected chi connectivity index (χ3v) is 3.11. The van der Waals surface area contributed by atoms with Gasteiger partial charge < -0.3 is 10.0 Å². The lowest BCUT2D eigenvalue weighted by Crippen LogP contribution is -2.12. The number of carboxylic acids is 1. The first-order chi connectivity index (χ1) is 9.49. The maximum Gasteiger partial charge on any atom is 0.335 e. The summed E-state index contributed by atoms with van der Waals surface area (Å²) >= 11 is 0. The first-order valence-electron chi connectivity index (χ1n) is 6.38. The number of anilines is 2. The first-order valence-corrected chi connectivity index (χ1v) is 6.38. The Hall–Kier alpha value is -2.43. The molecule has 0 fully saturated rings. The van der Waals surface area contributed by atoms with E-state index >= 15 is 0 Å². The van der Waals surface area contributed by atoms with Crippen LogP contribution in [0.2, 0.25) is 0 Å². The maximum absolute atomic E-state index is 10.8. The van der Waals surface area contributed by atoms with Gasteiger partial charge in [-0.3, -0.25) is 0 Å². The van der Waals surface area contributed by atoms with Crippen molar-refractivity contribution in [2.45, 2.75) is 19.8 Å². The van der Waals surface area contributed by atoms with Crippen LogP contribution in [0.3, 0.4) is 0 Å². The molecule has 0 saturated heterocycles. The Balaban J connectivity index is 2.28. The summed E-state index contributed by atoms with van der Waals surface area (Å²) < 4.78 is 0. The van der Waals surface area contributed by atoms with E-state index in [1.54, 1.807) is 30.6 Å². The van der Waals surface area contributed by atoms with Crippen molar-refractivity contribution in [1.82, 2.24) is 9.97 Å². The second-order valence-corrected chi connectivity index (χ2v) is 4.87. The predicted octanol–water partition coefficient (Wildman–Crippen LogP) is 3.07. The molecule has 5 heteroatoms. The van der Waals surface area contributed by atoms with Crippen molar-refractivity contribution in [3.63, 3.8) is 0 Å². The van der Waals surface area contributed by atoms with Gasteiger partial charge in [-0.2, -0.15) is 0 Å². The summed E-state index contributed by atoms with van der Waals surface area (Å²) in [5.41, 5.74) is 2.13. The molecule has 0 atom stereocenters. The summed E-state index contributed by atoms with van der Waals surface area (Å²) in [7, 11) is 1.89. The van der Waals surface area contributed by atoms with Gasteiger partial charge in [0.1, 0.15) is 12.1 Å². The molecular weight excluding hydrogens is 254 g/mol. The minimum absolute atomic E-state index is 0.271. The third kappa shape index (κ3) is 2.93. The fourth-order valence-corrected chi connectivity index (χ4v) is 1.82.